The fourth-order valence-corrected chi connectivity index (χ4v) is 6.22. The van der Waals surface area contributed by atoms with Crippen LogP contribution in [0.25, 0.3) is 0 Å². The number of nitrogens with zero attached hydrogens (tertiary/aromatic N) is 1. The summed E-state index contributed by atoms with van der Waals surface area (Å²) in [4.78, 5) is 15.7. The summed E-state index contributed by atoms with van der Waals surface area (Å²) in [5, 5.41) is 3.54. The minimum atomic E-state index is -1.08. The zero-order valence-corrected chi connectivity index (χ0v) is 21.7. The van der Waals surface area contributed by atoms with E-state index in [1.807, 2.05) is 54.6 Å². The van der Waals surface area contributed by atoms with Crippen molar-refractivity contribution in [2.75, 3.05) is 23.3 Å². The number of esters is 1. The highest BCUT2D eigenvalue weighted by atomic mass is 16.6. The van der Waals surface area contributed by atoms with Crippen LogP contribution in [0.4, 0.5) is 17.1 Å². The van der Waals surface area contributed by atoms with Crippen molar-refractivity contribution in [3.8, 4) is 11.5 Å². The van der Waals surface area contributed by atoms with Crippen LogP contribution in [-0.4, -0.2) is 19.1 Å². The van der Waals surface area contributed by atoms with Crippen LogP contribution in [0, 0.1) is 12.8 Å². The molecule has 5 nitrogen and oxygen atoms in total. The van der Waals surface area contributed by atoms with Crippen molar-refractivity contribution in [2.24, 2.45) is 5.92 Å². The van der Waals surface area contributed by atoms with Gasteiger partial charge in [-0.15, -0.1) is 0 Å². The van der Waals surface area contributed by atoms with Crippen LogP contribution < -0.4 is 15.0 Å². The first-order valence-corrected chi connectivity index (χ1v) is 13.4. The van der Waals surface area contributed by atoms with E-state index >= 15 is 0 Å². The summed E-state index contributed by atoms with van der Waals surface area (Å²) in [6.45, 7) is 6.43. The van der Waals surface area contributed by atoms with E-state index in [-0.39, 0.29) is 5.97 Å². The van der Waals surface area contributed by atoms with Crippen LogP contribution in [0.3, 0.4) is 0 Å². The lowest BCUT2D eigenvalue weighted by atomic mass is 9.77. The van der Waals surface area contributed by atoms with Gasteiger partial charge in [0.1, 0.15) is 11.5 Å². The number of anilines is 3. The maximum Gasteiger partial charge on any atom is 0.340 e. The summed E-state index contributed by atoms with van der Waals surface area (Å²) in [5.41, 5.74) is 6.18. The highest BCUT2D eigenvalue weighted by Crippen LogP contribution is 2.57. The number of ether oxygens (including phenoxy) is 2. The van der Waals surface area contributed by atoms with Crippen LogP contribution in [-0.2, 0) is 10.3 Å². The molecular formula is C33H30N2O3. The Morgan fingerprint density at radius 2 is 1.71 bits per heavy atom. The topological polar surface area (TPSA) is 50.8 Å². The average molecular weight is 503 g/mol. The Labute approximate surface area is 223 Å². The van der Waals surface area contributed by atoms with E-state index in [9.17, 15) is 4.79 Å². The fraction of sp³-hybridized carbons (Fsp3) is 0.242. The SMILES string of the molecule is CCC1CCN(c2ccc3c(c2)Oc2cc(C)c(Nc4ccccc4)cc2C32OC(=O)c3ccccc32)C1. The monoisotopic (exact) mass is 502 g/mol. The summed E-state index contributed by atoms with van der Waals surface area (Å²) < 4.78 is 13.0. The fourth-order valence-electron chi connectivity index (χ4n) is 6.22. The molecule has 3 aliphatic rings. The molecule has 1 fully saturated rings. The minimum Gasteiger partial charge on any atom is -0.456 e. The molecule has 2 atom stereocenters. The number of fused-ring (bicyclic) bond motifs is 6. The minimum absolute atomic E-state index is 0.313. The first-order chi connectivity index (χ1) is 18.6. The Bertz CT molecular complexity index is 1560. The number of para-hydroxylation sites is 1. The maximum absolute atomic E-state index is 13.3. The van der Waals surface area contributed by atoms with Crippen molar-refractivity contribution in [3.63, 3.8) is 0 Å². The lowest BCUT2D eigenvalue weighted by molar-refractivity contribution is 0.0224. The Balaban J connectivity index is 1.40. The molecule has 0 aliphatic carbocycles. The molecule has 7 rings (SSSR count). The molecule has 4 aromatic rings. The second-order valence-electron chi connectivity index (χ2n) is 10.6. The normalized spacial score (nSPS) is 20.9. The van der Waals surface area contributed by atoms with Gasteiger partial charge in [-0.05, 0) is 67.3 Å². The van der Waals surface area contributed by atoms with Gasteiger partial charge >= 0.3 is 5.97 Å². The average Bonchev–Trinajstić information content (AvgIpc) is 3.54. The molecule has 5 heteroatoms. The number of hydrogen-bond donors (Lipinski definition) is 1. The molecule has 3 aliphatic heterocycles. The maximum atomic E-state index is 13.3. The molecule has 4 aromatic carbocycles. The van der Waals surface area contributed by atoms with E-state index in [2.05, 4.69) is 54.4 Å². The lowest BCUT2D eigenvalue weighted by Gasteiger charge is -2.37. The second-order valence-corrected chi connectivity index (χ2v) is 10.6. The first kappa shape index (κ1) is 22.9. The van der Waals surface area contributed by atoms with E-state index in [4.69, 9.17) is 9.47 Å². The largest absolute Gasteiger partial charge is 0.456 e. The number of benzene rings is 4. The number of nitrogens with one attached hydrogen (secondary N) is 1. The molecule has 1 saturated heterocycles. The van der Waals surface area contributed by atoms with E-state index in [1.165, 1.54) is 12.8 Å². The second kappa shape index (κ2) is 8.66. The summed E-state index contributed by atoms with van der Waals surface area (Å²) in [5.74, 6) is 1.86. The summed E-state index contributed by atoms with van der Waals surface area (Å²) >= 11 is 0. The van der Waals surface area contributed by atoms with Crippen molar-refractivity contribution in [1.82, 2.24) is 0 Å². The molecule has 0 radical (unpaired) electrons. The van der Waals surface area contributed by atoms with Crippen LogP contribution >= 0.6 is 0 Å². The lowest BCUT2D eigenvalue weighted by Crippen LogP contribution is -2.33. The van der Waals surface area contributed by atoms with Gasteiger partial charge in [0.25, 0.3) is 0 Å². The number of rotatable bonds is 4. The highest BCUT2D eigenvalue weighted by molar-refractivity contribution is 5.97. The van der Waals surface area contributed by atoms with Gasteiger partial charge in [0.2, 0.25) is 0 Å². The molecule has 1 N–H and O–H groups in total. The van der Waals surface area contributed by atoms with Crippen molar-refractivity contribution in [3.05, 3.63) is 113 Å². The summed E-state index contributed by atoms with van der Waals surface area (Å²) in [6.07, 6.45) is 2.41. The summed E-state index contributed by atoms with van der Waals surface area (Å²) in [7, 11) is 0. The van der Waals surface area contributed by atoms with Gasteiger partial charge in [-0.2, -0.15) is 0 Å². The van der Waals surface area contributed by atoms with Crippen LogP contribution in [0.2, 0.25) is 0 Å². The quantitative estimate of drug-likeness (QED) is 0.292. The zero-order chi connectivity index (χ0) is 25.9. The highest BCUT2D eigenvalue weighted by Gasteiger charge is 2.53. The number of carbonyl (C=O) groups is 1. The van der Waals surface area contributed by atoms with E-state index < -0.39 is 5.60 Å². The van der Waals surface area contributed by atoms with Crippen LogP contribution in [0.1, 0.15) is 52.4 Å². The van der Waals surface area contributed by atoms with Gasteiger partial charge < -0.3 is 19.7 Å². The third-order valence-electron chi connectivity index (χ3n) is 8.32. The van der Waals surface area contributed by atoms with Crippen molar-refractivity contribution in [1.29, 1.82) is 0 Å². The van der Waals surface area contributed by atoms with Gasteiger partial charge in [-0.25, -0.2) is 4.79 Å². The standard InChI is InChI=1S/C33H30N2O3/c1-3-22-15-16-35(20-22)24-13-14-27-31(18-24)37-30-17-21(2)29(34-23-9-5-4-6-10-23)19-28(30)33(27)26-12-8-7-11-25(26)32(36)38-33/h4-14,17-19,22,34H,3,15-16,20H2,1-2H3. The van der Waals surface area contributed by atoms with Gasteiger partial charge in [0.05, 0.1) is 5.56 Å². The third kappa shape index (κ3) is 3.42. The van der Waals surface area contributed by atoms with E-state index in [1.54, 1.807) is 0 Å². The molecule has 0 bridgehead atoms. The molecular weight excluding hydrogens is 472 g/mol. The Morgan fingerprint density at radius 1 is 0.921 bits per heavy atom. The predicted molar refractivity (Wildman–Crippen MR) is 150 cm³/mol. The molecule has 3 heterocycles. The molecule has 190 valence electrons. The smallest absolute Gasteiger partial charge is 0.340 e. The van der Waals surface area contributed by atoms with Gasteiger partial charge in [-0.1, -0.05) is 49.7 Å². The van der Waals surface area contributed by atoms with Gasteiger partial charge in [-0.3, -0.25) is 0 Å². The molecule has 1 spiro atoms. The number of carbonyl (C=O) groups excluding carboxylic acids is 1. The Kier molecular flexibility index (Phi) is 5.22. The molecule has 38 heavy (non-hydrogen) atoms. The summed E-state index contributed by atoms with van der Waals surface area (Å²) in [6, 6.07) is 28.3. The van der Waals surface area contributed by atoms with Gasteiger partial charge in [0.15, 0.2) is 5.60 Å². The number of aryl methyl sites for hydroxylation is 1. The zero-order valence-electron chi connectivity index (χ0n) is 21.7. The van der Waals surface area contributed by atoms with Crippen molar-refractivity contribution < 1.29 is 14.3 Å². The third-order valence-corrected chi connectivity index (χ3v) is 8.32. The van der Waals surface area contributed by atoms with Crippen LogP contribution in [0.15, 0.2) is 84.9 Å². The predicted octanol–water partition coefficient (Wildman–Crippen LogP) is 7.54. The molecule has 0 amide bonds. The molecule has 0 aromatic heterocycles. The van der Waals surface area contributed by atoms with E-state index in [0.29, 0.717) is 11.3 Å². The van der Waals surface area contributed by atoms with Crippen LogP contribution in [0.5, 0.6) is 11.5 Å². The Morgan fingerprint density at radius 3 is 2.53 bits per heavy atom. The van der Waals surface area contributed by atoms with Crippen molar-refractivity contribution >= 4 is 23.0 Å². The molecule has 2 unspecified atom stereocenters. The number of hydrogen-bond acceptors (Lipinski definition) is 5. The Hall–Kier alpha value is -4.25. The van der Waals surface area contributed by atoms with Gasteiger partial charge in [0, 0.05) is 52.9 Å². The first-order valence-electron chi connectivity index (χ1n) is 13.4. The molecule has 0 saturated carbocycles. The van der Waals surface area contributed by atoms with Crippen molar-refractivity contribution in [2.45, 2.75) is 32.3 Å². The van der Waals surface area contributed by atoms with E-state index in [0.717, 1.165) is 64.1 Å².